The number of carboxylic acid groups (broad SMARTS) is 1. The minimum Gasteiger partial charge on any atom is -0.481 e. The molecule has 2 aromatic rings. The molecular formula is C15H14ClNO3. The summed E-state index contributed by atoms with van der Waals surface area (Å²) in [5.74, 6) is -0.777. The van der Waals surface area contributed by atoms with Crippen LogP contribution in [0.5, 0.6) is 11.5 Å². The van der Waals surface area contributed by atoms with Crippen molar-refractivity contribution in [2.45, 2.75) is 12.8 Å². The highest BCUT2D eigenvalue weighted by Crippen LogP contribution is 2.36. The van der Waals surface area contributed by atoms with Gasteiger partial charge in [0.05, 0.1) is 16.6 Å². The van der Waals surface area contributed by atoms with E-state index < -0.39 is 11.9 Å². The highest BCUT2D eigenvalue weighted by Gasteiger charge is 2.19. The molecule has 0 saturated carbocycles. The number of carbonyl (C=O) groups is 1. The molecule has 0 radical (unpaired) electrons. The van der Waals surface area contributed by atoms with E-state index in [9.17, 15) is 4.79 Å². The molecule has 4 nitrogen and oxygen atoms in total. The van der Waals surface area contributed by atoms with Crippen LogP contribution in [-0.2, 0) is 4.79 Å². The molecule has 1 atom stereocenters. The summed E-state index contributed by atoms with van der Waals surface area (Å²) in [6.07, 6.45) is 0. The van der Waals surface area contributed by atoms with Gasteiger partial charge < -0.3 is 15.6 Å². The molecule has 3 N–H and O–H groups in total. The van der Waals surface area contributed by atoms with Gasteiger partial charge in [-0.3, -0.25) is 4.79 Å². The van der Waals surface area contributed by atoms with Gasteiger partial charge in [-0.2, -0.15) is 0 Å². The molecule has 0 aliphatic carbocycles. The number of aliphatic carboxylic acids is 1. The van der Waals surface area contributed by atoms with Gasteiger partial charge in [0.15, 0.2) is 5.75 Å². The van der Waals surface area contributed by atoms with Crippen LogP contribution in [0.25, 0.3) is 0 Å². The summed E-state index contributed by atoms with van der Waals surface area (Å²) in [4.78, 5) is 11.1. The van der Waals surface area contributed by atoms with E-state index in [0.29, 0.717) is 27.8 Å². The van der Waals surface area contributed by atoms with E-state index in [2.05, 4.69) is 0 Å². The maximum Gasteiger partial charge on any atom is 0.310 e. The minimum absolute atomic E-state index is 0.308. The van der Waals surface area contributed by atoms with Crippen LogP contribution in [-0.4, -0.2) is 11.1 Å². The largest absolute Gasteiger partial charge is 0.481 e. The zero-order valence-electron chi connectivity index (χ0n) is 10.8. The fraction of sp³-hybridized carbons (Fsp3) is 0.133. The number of benzene rings is 2. The molecule has 20 heavy (non-hydrogen) atoms. The van der Waals surface area contributed by atoms with Crippen LogP contribution in [0, 0.1) is 0 Å². The number of carboxylic acids is 1. The van der Waals surface area contributed by atoms with Crippen LogP contribution in [0.15, 0.2) is 42.5 Å². The smallest absolute Gasteiger partial charge is 0.310 e. The summed E-state index contributed by atoms with van der Waals surface area (Å²) in [6, 6.07) is 12.1. The van der Waals surface area contributed by atoms with Gasteiger partial charge in [0.1, 0.15) is 5.75 Å². The Labute approximate surface area is 121 Å². The topological polar surface area (TPSA) is 72.5 Å². The zero-order chi connectivity index (χ0) is 14.7. The summed E-state index contributed by atoms with van der Waals surface area (Å²) < 4.78 is 5.66. The second-order valence-corrected chi connectivity index (χ2v) is 4.76. The average molecular weight is 292 g/mol. The van der Waals surface area contributed by atoms with Crippen LogP contribution in [0.2, 0.25) is 5.02 Å². The number of nitrogen functional groups attached to an aromatic ring is 1. The van der Waals surface area contributed by atoms with E-state index in [1.165, 1.54) is 0 Å². The molecule has 2 rings (SSSR count). The molecule has 0 spiro atoms. The number of para-hydroxylation sites is 2. The molecule has 0 amide bonds. The third kappa shape index (κ3) is 2.86. The Morgan fingerprint density at radius 3 is 2.50 bits per heavy atom. The first-order valence-corrected chi connectivity index (χ1v) is 6.42. The molecule has 0 fully saturated rings. The molecule has 0 aliphatic rings. The Hall–Kier alpha value is -2.20. The van der Waals surface area contributed by atoms with Crippen molar-refractivity contribution in [2.24, 2.45) is 0 Å². The predicted molar refractivity (Wildman–Crippen MR) is 78.4 cm³/mol. The lowest BCUT2D eigenvalue weighted by atomic mass is 9.99. The molecule has 104 valence electrons. The lowest BCUT2D eigenvalue weighted by molar-refractivity contribution is -0.138. The lowest BCUT2D eigenvalue weighted by Crippen LogP contribution is -2.10. The second kappa shape index (κ2) is 5.84. The highest BCUT2D eigenvalue weighted by atomic mass is 35.5. The van der Waals surface area contributed by atoms with Crippen molar-refractivity contribution >= 4 is 23.3 Å². The van der Waals surface area contributed by atoms with Crippen LogP contribution in [0.3, 0.4) is 0 Å². The molecular weight excluding hydrogens is 278 g/mol. The van der Waals surface area contributed by atoms with Crippen LogP contribution < -0.4 is 10.5 Å². The van der Waals surface area contributed by atoms with E-state index in [4.69, 9.17) is 27.2 Å². The second-order valence-electron chi connectivity index (χ2n) is 4.35. The summed E-state index contributed by atoms with van der Waals surface area (Å²) in [5.41, 5.74) is 6.81. The quantitative estimate of drug-likeness (QED) is 0.838. The van der Waals surface area contributed by atoms with Crippen molar-refractivity contribution < 1.29 is 14.6 Å². The minimum atomic E-state index is -0.938. The number of hydrogen-bond donors (Lipinski definition) is 2. The van der Waals surface area contributed by atoms with Crippen molar-refractivity contribution in [3.8, 4) is 11.5 Å². The molecule has 0 heterocycles. The van der Waals surface area contributed by atoms with Crippen molar-refractivity contribution in [3.05, 3.63) is 53.1 Å². The Morgan fingerprint density at radius 1 is 1.20 bits per heavy atom. The SMILES string of the molecule is CC(C(=O)O)c1cccc(Oc2ccccc2Cl)c1N. The van der Waals surface area contributed by atoms with Crippen LogP contribution in [0.1, 0.15) is 18.4 Å². The summed E-state index contributed by atoms with van der Waals surface area (Å²) in [6.45, 7) is 1.58. The maximum atomic E-state index is 11.1. The van der Waals surface area contributed by atoms with E-state index in [1.807, 2.05) is 0 Å². The Bertz CT molecular complexity index is 643. The van der Waals surface area contributed by atoms with Gasteiger partial charge >= 0.3 is 5.97 Å². The fourth-order valence-electron chi connectivity index (χ4n) is 1.81. The van der Waals surface area contributed by atoms with Crippen LogP contribution in [0.4, 0.5) is 5.69 Å². The standard InChI is InChI=1S/C15H14ClNO3/c1-9(15(18)19)10-5-4-8-13(14(10)17)20-12-7-3-2-6-11(12)16/h2-9H,17H2,1H3,(H,18,19). The van der Waals surface area contributed by atoms with Crippen molar-refractivity contribution in [1.82, 2.24) is 0 Å². The van der Waals surface area contributed by atoms with Crippen molar-refractivity contribution in [1.29, 1.82) is 0 Å². The van der Waals surface area contributed by atoms with Gasteiger partial charge in [0.25, 0.3) is 0 Å². The van der Waals surface area contributed by atoms with Gasteiger partial charge in [0, 0.05) is 0 Å². The van der Waals surface area contributed by atoms with E-state index >= 15 is 0 Å². The van der Waals surface area contributed by atoms with Crippen molar-refractivity contribution in [3.63, 3.8) is 0 Å². The average Bonchev–Trinajstić information content (AvgIpc) is 2.42. The Balaban J connectivity index is 2.37. The van der Waals surface area contributed by atoms with Gasteiger partial charge in [-0.15, -0.1) is 0 Å². The van der Waals surface area contributed by atoms with E-state index in [-0.39, 0.29) is 0 Å². The Kier molecular flexibility index (Phi) is 4.15. The first-order chi connectivity index (χ1) is 9.50. The van der Waals surface area contributed by atoms with E-state index in [0.717, 1.165) is 0 Å². The first-order valence-electron chi connectivity index (χ1n) is 6.04. The number of nitrogens with two attached hydrogens (primary N) is 1. The van der Waals surface area contributed by atoms with E-state index in [1.54, 1.807) is 49.4 Å². The third-order valence-electron chi connectivity index (χ3n) is 2.99. The number of ether oxygens (including phenoxy) is 1. The van der Waals surface area contributed by atoms with Crippen LogP contribution >= 0.6 is 11.6 Å². The van der Waals surface area contributed by atoms with Gasteiger partial charge in [0.2, 0.25) is 0 Å². The number of halogens is 1. The number of anilines is 1. The highest BCUT2D eigenvalue weighted by molar-refractivity contribution is 6.32. The molecule has 2 aromatic carbocycles. The zero-order valence-corrected chi connectivity index (χ0v) is 11.6. The summed E-state index contributed by atoms with van der Waals surface area (Å²) >= 11 is 6.02. The lowest BCUT2D eigenvalue weighted by Gasteiger charge is -2.15. The predicted octanol–water partition coefficient (Wildman–Crippen LogP) is 3.90. The number of rotatable bonds is 4. The molecule has 0 saturated heterocycles. The molecule has 1 unspecified atom stereocenters. The summed E-state index contributed by atoms with van der Waals surface area (Å²) in [5, 5.41) is 9.53. The van der Waals surface area contributed by atoms with Gasteiger partial charge in [-0.05, 0) is 30.7 Å². The Morgan fingerprint density at radius 2 is 1.85 bits per heavy atom. The summed E-state index contributed by atoms with van der Waals surface area (Å²) in [7, 11) is 0. The normalized spacial score (nSPS) is 11.9. The molecule has 0 bridgehead atoms. The van der Waals surface area contributed by atoms with Gasteiger partial charge in [-0.1, -0.05) is 35.9 Å². The molecule has 5 heteroatoms. The van der Waals surface area contributed by atoms with Crippen molar-refractivity contribution in [2.75, 3.05) is 5.73 Å². The first kappa shape index (κ1) is 14.2. The third-order valence-corrected chi connectivity index (χ3v) is 3.31. The molecule has 0 aromatic heterocycles. The fourth-order valence-corrected chi connectivity index (χ4v) is 1.98. The maximum absolute atomic E-state index is 11.1. The number of hydrogen-bond acceptors (Lipinski definition) is 3. The molecule has 0 aliphatic heterocycles. The van der Waals surface area contributed by atoms with Gasteiger partial charge in [-0.25, -0.2) is 0 Å². The monoisotopic (exact) mass is 291 g/mol.